The second-order valence-electron chi connectivity index (χ2n) is 7.83. The van der Waals surface area contributed by atoms with E-state index in [-0.39, 0.29) is 25.0 Å². The monoisotopic (exact) mass is 478 g/mol. The van der Waals surface area contributed by atoms with Crippen molar-refractivity contribution in [2.24, 2.45) is 0 Å². The average molecular weight is 479 g/mol. The lowest BCUT2D eigenvalue weighted by Gasteiger charge is -2.31. The van der Waals surface area contributed by atoms with Gasteiger partial charge in [0, 0.05) is 28.7 Å². The van der Waals surface area contributed by atoms with E-state index >= 15 is 0 Å². The van der Waals surface area contributed by atoms with E-state index in [4.69, 9.17) is 27.9 Å². The summed E-state index contributed by atoms with van der Waals surface area (Å²) in [6.07, 6.45) is 2.30. The molecule has 0 saturated carbocycles. The van der Waals surface area contributed by atoms with Crippen molar-refractivity contribution in [3.63, 3.8) is 0 Å². The summed E-state index contributed by atoms with van der Waals surface area (Å²) in [4.78, 5) is 27.7. The molecule has 0 unspecified atom stereocenters. The molecule has 0 aromatic heterocycles. The lowest BCUT2D eigenvalue weighted by atomic mass is 10.1. The Hall–Kier alpha value is -2.24. The predicted octanol–water partition coefficient (Wildman–Crippen LogP) is 5.71. The molecule has 0 fully saturated rings. The molecule has 2 aromatic rings. The fourth-order valence-electron chi connectivity index (χ4n) is 3.31. The number of amides is 2. The summed E-state index contributed by atoms with van der Waals surface area (Å²) in [6.45, 7) is 8.44. The zero-order valence-electron chi connectivity index (χ0n) is 19.2. The van der Waals surface area contributed by atoms with Crippen molar-refractivity contribution < 1.29 is 14.3 Å². The van der Waals surface area contributed by atoms with Gasteiger partial charge in [0.15, 0.2) is 6.61 Å². The highest BCUT2D eigenvalue weighted by Crippen LogP contribution is 2.27. The maximum Gasteiger partial charge on any atom is 0.261 e. The van der Waals surface area contributed by atoms with E-state index in [0.717, 1.165) is 24.0 Å². The Kier molecular flexibility index (Phi) is 10.3. The van der Waals surface area contributed by atoms with E-state index in [1.165, 1.54) is 4.90 Å². The van der Waals surface area contributed by atoms with Gasteiger partial charge in [-0.3, -0.25) is 9.59 Å². The molecule has 174 valence electrons. The largest absolute Gasteiger partial charge is 0.484 e. The Morgan fingerprint density at radius 1 is 1.06 bits per heavy atom. The topological polar surface area (TPSA) is 58.6 Å². The molecule has 1 atom stereocenters. The molecule has 0 radical (unpaired) electrons. The number of nitrogens with zero attached hydrogens (tertiary/aromatic N) is 1. The van der Waals surface area contributed by atoms with Gasteiger partial charge in [0.25, 0.3) is 5.91 Å². The number of hydrogen-bond acceptors (Lipinski definition) is 3. The van der Waals surface area contributed by atoms with Gasteiger partial charge in [0.05, 0.1) is 0 Å². The van der Waals surface area contributed by atoms with Crippen LogP contribution in [0.1, 0.15) is 49.8 Å². The van der Waals surface area contributed by atoms with Crippen LogP contribution in [-0.4, -0.2) is 35.9 Å². The van der Waals surface area contributed by atoms with Crippen LogP contribution in [-0.2, 0) is 16.1 Å². The number of benzene rings is 2. The van der Waals surface area contributed by atoms with Gasteiger partial charge in [0.1, 0.15) is 11.8 Å². The quantitative estimate of drug-likeness (QED) is 0.420. The summed E-state index contributed by atoms with van der Waals surface area (Å²) < 4.78 is 5.77. The van der Waals surface area contributed by atoms with Crippen LogP contribution in [0.25, 0.3) is 0 Å². The summed E-state index contributed by atoms with van der Waals surface area (Å²) in [5.74, 6) is 0.109. The predicted molar refractivity (Wildman–Crippen MR) is 130 cm³/mol. The van der Waals surface area contributed by atoms with Crippen LogP contribution >= 0.6 is 23.2 Å². The van der Waals surface area contributed by atoms with Crippen LogP contribution in [0, 0.1) is 13.8 Å². The van der Waals surface area contributed by atoms with Gasteiger partial charge in [-0.05, 0) is 62.1 Å². The van der Waals surface area contributed by atoms with E-state index < -0.39 is 6.04 Å². The van der Waals surface area contributed by atoms with E-state index in [1.807, 2.05) is 39.0 Å². The summed E-state index contributed by atoms with van der Waals surface area (Å²) in [7, 11) is 0. The Labute approximate surface area is 201 Å². The number of rotatable bonds is 11. The Bertz CT molecular complexity index is 913. The van der Waals surface area contributed by atoms with E-state index in [1.54, 1.807) is 18.2 Å². The second-order valence-corrected chi connectivity index (χ2v) is 8.64. The van der Waals surface area contributed by atoms with Gasteiger partial charge < -0.3 is 15.0 Å². The first-order chi connectivity index (χ1) is 15.3. The average Bonchev–Trinajstić information content (AvgIpc) is 2.76. The first kappa shape index (κ1) is 26.0. The summed E-state index contributed by atoms with van der Waals surface area (Å²) in [5.41, 5.74) is 2.83. The maximum absolute atomic E-state index is 13.3. The smallest absolute Gasteiger partial charge is 0.261 e. The highest BCUT2D eigenvalue weighted by molar-refractivity contribution is 6.36. The first-order valence-electron chi connectivity index (χ1n) is 11.0. The van der Waals surface area contributed by atoms with E-state index in [9.17, 15) is 9.59 Å². The Morgan fingerprint density at radius 2 is 1.75 bits per heavy atom. The Morgan fingerprint density at radius 3 is 2.34 bits per heavy atom. The molecule has 0 saturated heterocycles. The normalized spacial score (nSPS) is 11.7. The summed E-state index contributed by atoms with van der Waals surface area (Å²) in [5, 5.41) is 3.83. The van der Waals surface area contributed by atoms with Crippen LogP contribution in [0.3, 0.4) is 0 Å². The molecule has 0 aliphatic rings. The van der Waals surface area contributed by atoms with Gasteiger partial charge in [0.2, 0.25) is 5.91 Å². The van der Waals surface area contributed by atoms with Crippen LogP contribution in [0.5, 0.6) is 5.75 Å². The third-order valence-electron chi connectivity index (χ3n) is 5.45. The number of carbonyl (C=O) groups is 2. The van der Waals surface area contributed by atoms with Crippen molar-refractivity contribution in [3.05, 3.63) is 63.1 Å². The second kappa shape index (κ2) is 12.7. The van der Waals surface area contributed by atoms with Crippen molar-refractivity contribution in [2.45, 2.75) is 59.5 Å². The molecule has 1 N–H and O–H groups in total. The summed E-state index contributed by atoms with van der Waals surface area (Å²) >= 11 is 12.7. The van der Waals surface area contributed by atoms with Gasteiger partial charge in [-0.25, -0.2) is 0 Å². The van der Waals surface area contributed by atoms with Crippen LogP contribution in [0.15, 0.2) is 36.4 Å². The summed E-state index contributed by atoms with van der Waals surface area (Å²) in [6, 6.07) is 10.2. The molecule has 5 nitrogen and oxygen atoms in total. The molecular weight excluding hydrogens is 447 g/mol. The molecular formula is C25H32Cl2N2O3. The highest BCUT2D eigenvalue weighted by Gasteiger charge is 2.30. The minimum Gasteiger partial charge on any atom is -0.484 e. The van der Waals surface area contributed by atoms with Gasteiger partial charge in [-0.1, -0.05) is 55.6 Å². The molecule has 2 aromatic carbocycles. The van der Waals surface area contributed by atoms with Crippen molar-refractivity contribution in [1.82, 2.24) is 10.2 Å². The lowest BCUT2D eigenvalue weighted by molar-refractivity contribution is -0.143. The number of halogens is 2. The molecule has 0 spiro atoms. The third-order valence-corrected chi connectivity index (χ3v) is 6.15. The molecule has 0 aliphatic carbocycles. The van der Waals surface area contributed by atoms with Gasteiger partial charge in [-0.2, -0.15) is 0 Å². The van der Waals surface area contributed by atoms with Gasteiger partial charge in [-0.15, -0.1) is 0 Å². The zero-order chi connectivity index (χ0) is 23.7. The lowest BCUT2D eigenvalue weighted by Crippen LogP contribution is -2.50. The molecule has 2 amide bonds. The Balaban J connectivity index is 2.25. The zero-order valence-corrected chi connectivity index (χ0v) is 20.7. The van der Waals surface area contributed by atoms with Crippen molar-refractivity contribution >= 4 is 35.0 Å². The van der Waals surface area contributed by atoms with Gasteiger partial charge >= 0.3 is 0 Å². The number of ether oxygens (including phenoxy) is 1. The fraction of sp³-hybridized carbons (Fsp3) is 0.440. The number of carbonyl (C=O) groups excluding carboxylic acids is 2. The number of aryl methyl sites for hydroxylation is 2. The van der Waals surface area contributed by atoms with Crippen LogP contribution in [0.2, 0.25) is 10.0 Å². The maximum atomic E-state index is 13.3. The number of hydrogen-bond donors (Lipinski definition) is 1. The fourth-order valence-corrected chi connectivity index (χ4v) is 3.83. The third kappa shape index (κ3) is 7.14. The van der Waals surface area contributed by atoms with Crippen LogP contribution in [0.4, 0.5) is 0 Å². The minimum atomic E-state index is -0.657. The van der Waals surface area contributed by atoms with Crippen molar-refractivity contribution in [3.8, 4) is 5.75 Å². The standard InChI is InChI=1S/C25H32Cl2N2O3/c1-5-7-13-28-25(31)23(6-2)29(15-20-21(26)9-8-10-22(20)27)24(30)16-32-19-12-11-17(3)18(4)14-19/h8-12,14,23H,5-7,13,15-16H2,1-4H3,(H,28,31)/t23-/m0/s1. The molecule has 32 heavy (non-hydrogen) atoms. The minimum absolute atomic E-state index is 0.118. The van der Waals surface area contributed by atoms with Crippen molar-refractivity contribution in [1.29, 1.82) is 0 Å². The first-order valence-corrected chi connectivity index (χ1v) is 11.7. The van der Waals surface area contributed by atoms with Crippen molar-refractivity contribution in [2.75, 3.05) is 13.2 Å². The van der Waals surface area contributed by atoms with E-state index in [0.29, 0.717) is 34.3 Å². The molecule has 0 aliphatic heterocycles. The molecule has 0 bridgehead atoms. The number of unbranched alkanes of at least 4 members (excludes halogenated alkanes) is 1. The highest BCUT2D eigenvalue weighted by atomic mass is 35.5. The van der Waals surface area contributed by atoms with Crippen LogP contribution < -0.4 is 10.1 Å². The molecule has 0 heterocycles. The molecule has 7 heteroatoms. The van der Waals surface area contributed by atoms with E-state index in [2.05, 4.69) is 12.2 Å². The SMILES string of the molecule is CCCCNC(=O)[C@H](CC)N(Cc1c(Cl)cccc1Cl)C(=O)COc1ccc(C)c(C)c1. The molecule has 2 rings (SSSR count). The number of nitrogens with one attached hydrogen (secondary N) is 1.